The van der Waals surface area contributed by atoms with Crippen molar-refractivity contribution in [3.05, 3.63) is 59.4 Å². The van der Waals surface area contributed by atoms with Gasteiger partial charge in [-0.25, -0.2) is 13.2 Å². The highest BCUT2D eigenvalue weighted by molar-refractivity contribution is 5.92. The largest absolute Gasteiger partial charge is 0.490 e. The van der Waals surface area contributed by atoms with E-state index in [1.165, 1.54) is 5.56 Å². The van der Waals surface area contributed by atoms with Crippen LogP contribution in [0, 0.1) is 29.3 Å². The van der Waals surface area contributed by atoms with Gasteiger partial charge in [0.1, 0.15) is 0 Å². The Balaban J connectivity index is 1.47. The molecule has 0 saturated carbocycles. The molecule has 0 unspecified atom stereocenters. The van der Waals surface area contributed by atoms with E-state index in [4.69, 9.17) is 4.74 Å². The van der Waals surface area contributed by atoms with E-state index in [0.717, 1.165) is 44.2 Å². The lowest BCUT2D eigenvalue weighted by molar-refractivity contribution is -0.118. The first-order valence-corrected chi connectivity index (χ1v) is 11.1. The van der Waals surface area contributed by atoms with Crippen LogP contribution in [0.3, 0.4) is 0 Å². The van der Waals surface area contributed by atoms with Crippen molar-refractivity contribution in [2.24, 2.45) is 11.8 Å². The van der Waals surface area contributed by atoms with Crippen LogP contribution in [0.25, 0.3) is 0 Å². The Kier molecular flexibility index (Phi) is 8.18. The maximum Gasteiger partial charge on any atom is 0.226 e. The van der Waals surface area contributed by atoms with Gasteiger partial charge in [0.05, 0.1) is 6.61 Å². The molecule has 4 nitrogen and oxygen atoms in total. The summed E-state index contributed by atoms with van der Waals surface area (Å²) in [5.74, 6) is -3.02. The summed E-state index contributed by atoms with van der Waals surface area (Å²) in [5.41, 5.74) is 2.07. The van der Waals surface area contributed by atoms with E-state index in [2.05, 4.69) is 22.3 Å². The first-order valence-electron chi connectivity index (χ1n) is 11.1. The number of anilines is 1. The van der Waals surface area contributed by atoms with Gasteiger partial charge in [-0.2, -0.15) is 0 Å². The first kappa shape index (κ1) is 24.1. The van der Waals surface area contributed by atoms with Gasteiger partial charge in [0, 0.05) is 36.2 Å². The Bertz CT molecular complexity index is 927. The van der Waals surface area contributed by atoms with Gasteiger partial charge in [-0.05, 0) is 49.5 Å². The number of likely N-dealkylation sites (tertiary alicyclic amines) is 1. The predicted octanol–water partition coefficient (Wildman–Crippen LogP) is 5.59. The van der Waals surface area contributed by atoms with E-state index in [1.807, 2.05) is 32.9 Å². The molecule has 2 aromatic carbocycles. The van der Waals surface area contributed by atoms with E-state index in [1.54, 1.807) is 0 Å². The zero-order valence-electron chi connectivity index (χ0n) is 18.8. The average molecular weight is 449 g/mol. The van der Waals surface area contributed by atoms with Gasteiger partial charge >= 0.3 is 0 Å². The summed E-state index contributed by atoms with van der Waals surface area (Å²) in [7, 11) is 0. The number of nitrogens with zero attached hydrogens (tertiary/aromatic N) is 1. The number of piperidine rings is 1. The number of amides is 1. The third kappa shape index (κ3) is 6.48. The molecule has 2 aromatic rings. The number of halogens is 3. The molecule has 7 heteroatoms. The smallest absolute Gasteiger partial charge is 0.226 e. The van der Waals surface area contributed by atoms with Gasteiger partial charge in [-0.1, -0.05) is 32.9 Å². The second-order valence-electron chi connectivity index (χ2n) is 8.96. The molecule has 1 fully saturated rings. The molecule has 3 rings (SSSR count). The molecule has 174 valence electrons. The Morgan fingerprint density at radius 2 is 1.75 bits per heavy atom. The Morgan fingerprint density at radius 3 is 2.44 bits per heavy atom. The number of hydrogen-bond acceptors (Lipinski definition) is 3. The maximum absolute atomic E-state index is 13.7. The van der Waals surface area contributed by atoms with Crippen LogP contribution in [-0.4, -0.2) is 37.0 Å². The van der Waals surface area contributed by atoms with Crippen molar-refractivity contribution >= 4 is 11.6 Å². The lowest BCUT2D eigenvalue weighted by Crippen LogP contribution is -2.37. The molecule has 1 aliphatic heterocycles. The van der Waals surface area contributed by atoms with Gasteiger partial charge in [0.25, 0.3) is 0 Å². The summed E-state index contributed by atoms with van der Waals surface area (Å²) in [5, 5.41) is 2.96. The fraction of sp³-hybridized carbons (Fsp3) is 0.480. The zero-order chi connectivity index (χ0) is 23.3. The van der Waals surface area contributed by atoms with Crippen molar-refractivity contribution in [2.45, 2.75) is 39.5 Å². The predicted molar refractivity (Wildman–Crippen MR) is 119 cm³/mol. The Labute approximate surface area is 187 Å². The zero-order valence-corrected chi connectivity index (χ0v) is 18.8. The molecule has 1 aliphatic rings. The van der Waals surface area contributed by atoms with E-state index in [0.29, 0.717) is 12.0 Å². The van der Waals surface area contributed by atoms with Crippen LogP contribution in [0.1, 0.15) is 45.1 Å². The van der Waals surface area contributed by atoms with Gasteiger partial charge in [0.2, 0.25) is 5.91 Å². The fourth-order valence-electron chi connectivity index (χ4n) is 3.95. The SMILES string of the molecule is CC(C)C(=O)Nc1cccc(C2CCN(C[C@H](C)COc3cc(F)c(F)cc3F)CC2)c1. The minimum absolute atomic E-state index is 0.0106. The molecule has 0 radical (unpaired) electrons. The molecule has 1 amide bonds. The number of carbonyl (C=O) groups excluding carboxylic acids is 1. The number of nitrogens with one attached hydrogen (secondary N) is 1. The van der Waals surface area contributed by atoms with E-state index >= 15 is 0 Å². The molecule has 0 aliphatic carbocycles. The van der Waals surface area contributed by atoms with Crippen molar-refractivity contribution in [3.8, 4) is 5.75 Å². The van der Waals surface area contributed by atoms with Crippen LogP contribution in [-0.2, 0) is 4.79 Å². The quantitative estimate of drug-likeness (QED) is 0.535. The van der Waals surface area contributed by atoms with E-state index in [9.17, 15) is 18.0 Å². The molecule has 0 bridgehead atoms. The third-order valence-electron chi connectivity index (χ3n) is 5.81. The minimum Gasteiger partial charge on any atom is -0.490 e. The number of rotatable bonds is 8. The second kappa shape index (κ2) is 10.9. The van der Waals surface area contributed by atoms with Gasteiger partial charge in [-0.3, -0.25) is 4.79 Å². The van der Waals surface area contributed by atoms with Crippen LogP contribution in [0.4, 0.5) is 18.9 Å². The highest BCUT2D eigenvalue weighted by atomic mass is 19.2. The monoisotopic (exact) mass is 448 g/mol. The van der Waals surface area contributed by atoms with Gasteiger partial charge < -0.3 is 15.0 Å². The lowest BCUT2D eigenvalue weighted by atomic mass is 9.89. The number of ether oxygens (including phenoxy) is 1. The van der Waals surface area contributed by atoms with Crippen molar-refractivity contribution in [2.75, 3.05) is 31.6 Å². The lowest BCUT2D eigenvalue weighted by Gasteiger charge is -2.33. The van der Waals surface area contributed by atoms with Crippen LogP contribution < -0.4 is 10.1 Å². The fourth-order valence-corrected chi connectivity index (χ4v) is 3.95. The molecular formula is C25H31F3N2O2. The standard InChI is InChI=1S/C25H31F3N2O2/c1-16(2)25(31)29-20-6-4-5-19(11-20)18-7-9-30(10-8-18)14-17(3)15-32-24-13-22(27)21(26)12-23(24)28/h4-6,11-13,16-18H,7-10,14-15H2,1-3H3,(H,29,31)/t17-/m0/s1. The van der Waals surface area contributed by atoms with E-state index in [-0.39, 0.29) is 30.1 Å². The molecule has 1 heterocycles. The van der Waals surface area contributed by atoms with Crippen molar-refractivity contribution in [3.63, 3.8) is 0 Å². The van der Waals surface area contributed by atoms with Crippen LogP contribution in [0.15, 0.2) is 36.4 Å². The molecular weight excluding hydrogens is 417 g/mol. The van der Waals surface area contributed by atoms with Crippen molar-refractivity contribution < 1.29 is 22.7 Å². The van der Waals surface area contributed by atoms with Crippen LogP contribution in [0.5, 0.6) is 5.75 Å². The molecule has 1 atom stereocenters. The second-order valence-corrected chi connectivity index (χ2v) is 8.96. The van der Waals surface area contributed by atoms with Crippen LogP contribution in [0.2, 0.25) is 0 Å². The van der Waals surface area contributed by atoms with Gasteiger partial charge in [-0.15, -0.1) is 0 Å². The summed E-state index contributed by atoms with van der Waals surface area (Å²) in [6.07, 6.45) is 2.01. The normalized spacial score (nSPS) is 16.2. The molecule has 1 saturated heterocycles. The summed E-state index contributed by atoms with van der Waals surface area (Å²) < 4.78 is 45.4. The molecule has 0 spiro atoms. The first-order chi connectivity index (χ1) is 15.2. The molecule has 0 aromatic heterocycles. The maximum atomic E-state index is 13.7. The summed E-state index contributed by atoms with van der Waals surface area (Å²) >= 11 is 0. The van der Waals surface area contributed by atoms with Gasteiger partial charge in [0.15, 0.2) is 23.2 Å². The summed E-state index contributed by atoms with van der Waals surface area (Å²) in [6, 6.07) is 9.32. The van der Waals surface area contributed by atoms with Crippen LogP contribution >= 0.6 is 0 Å². The third-order valence-corrected chi connectivity index (χ3v) is 5.81. The number of carbonyl (C=O) groups is 1. The van der Waals surface area contributed by atoms with Crippen molar-refractivity contribution in [1.29, 1.82) is 0 Å². The Morgan fingerprint density at radius 1 is 1.06 bits per heavy atom. The van der Waals surface area contributed by atoms with E-state index < -0.39 is 17.5 Å². The number of benzene rings is 2. The highest BCUT2D eigenvalue weighted by Gasteiger charge is 2.22. The Hall–Kier alpha value is -2.54. The summed E-state index contributed by atoms with van der Waals surface area (Å²) in [4.78, 5) is 14.3. The number of hydrogen-bond donors (Lipinski definition) is 1. The topological polar surface area (TPSA) is 41.6 Å². The van der Waals surface area contributed by atoms with Crippen molar-refractivity contribution in [1.82, 2.24) is 4.90 Å². The molecule has 32 heavy (non-hydrogen) atoms. The highest BCUT2D eigenvalue weighted by Crippen LogP contribution is 2.30. The summed E-state index contributed by atoms with van der Waals surface area (Å²) in [6.45, 7) is 8.59. The minimum atomic E-state index is -1.22. The average Bonchev–Trinajstić information content (AvgIpc) is 2.76. The molecule has 1 N–H and O–H groups in total.